The molecule has 0 aliphatic heterocycles. The van der Waals surface area contributed by atoms with Gasteiger partial charge in [0.2, 0.25) is 0 Å². The fourth-order valence-corrected chi connectivity index (χ4v) is 1.78. The molecule has 88 valence electrons. The third-order valence-electron chi connectivity index (χ3n) is 2.22. The number of thiocarbonyl (C=S) groups is 1. The first-order valence-corrected chi connectivity index (χ1v) is 5.93. The topological polar surface area (TPSA) is 50.9 Å². The second-order valence-corrected chi connectivity index (χ2v) is 4.89. The second-order valence-electron chi connectivity index (χ2n) is 4.45. The Morgan fingerprint density at radius 2 is 2.12 bits per heavy atom. The smallest absolute Gasteiger partial charge is 0.126 e. The molecule has 1 unspecified atom stereocenters. The maximum atomic E-state index is 5.54. The Morgan fingerprint density at radius 1 is 1.44 bits per heavy atom. The molecule has 3 N–H and O–H groups in total. The number of anilines is 1. The molecule has 0 saturated carbocycles. The van der Waals surface area contributed by atoms with Gasteiger partial charge >= 0.3 is 0 Å². The molecule has 0 saturated heterocycles. The minimum absolute atomic E-state index is 0.333. The highest BCUT2D eigenvalue weighted by Crippen LogP contribution is 2.11. The van der Waals surface area contributed by atoms with Crippen LogP contribution in [0.5, 0.6) is 0 Å². The molecule has 1 rings (SSSR count). The van der Waals surface area contributed by atoms with E-state index in [-0.39, 0.29) is 0 Å². The Balaban J connectivity index is 2.66. The normalized spacial score (nSPS) is 12.5. The van der Waals surface area contributed by atoms with Gasteiger partial charge in [0.15, 0.2) is 0 Å². The number of nitrogens with one attached hydrogen (secondary N) is 1. The van der Waals surface area contributed by atoms with Crippen molar-refractivity contribution in [1.82, 2.24) is 4.98 Å². The van der Waals surface area contributed by atoms with E-state index in [0.29, 0.717) is 22.6 Å². The van der Waals surface area contributed by atoms with Crippen molar-refractivity contribution in [3.8, 4) is 0 Å². The fourth-order valence-electron chi connectivity index (χ4n) is 1.67. The third-order valence-corrected chi connectivity index (χ3v) is 2.43. The van der Waals surface area contributed by atoms with Crippen molar-refractivity contribution in [3.05, 3.63) is 23.9 Å². The molecule has 1 atom stereocenters. The largest absolute Gasteiger partial charge is 0.388 e. The van der Waals surface area contributed by atoms with Crippen LogP contribution in [0.1, 0.15) is 32.9 Å². The number of nitrogens with two attached hydrogens (primary N) is 1. The lowest BCUT2D eigenvalue weighted by atomic mass is 10.1. The summed E-state index contributed by atoms with van der Waals surface area (Å²) in [6, 6.07) is 6.06. The van der Waals surface area contributed by atoms with E-state index in [1.54, 1.807) is 0 Å². The number of nitrogens with zero attached hydrogens (tertiary/aromatic N) is 1. The summed E-state index contributed by atoms with van der Waals surface area (Å²) < 4.78 is 0. The fraction of sp³-hybridized carbons (Fsp3) is 0.500. The summed E-state index contributed by atoms with van der Waals surface area (Å²) in [6.07, 6.45) is 1.11. The molecule has 1 heterocycles. The van der Waals surface area contributed by atoms with Crippen molar-refractivity contribution in [2.75, 3.05) is 5.32 Å². The van der Waals surface area contributed by atoms with Crippen molar-refractivity contribution in [2.45, 2.75) is 33.2 Å². The first-order chi connectivity index (χ1) is 7.49. The molecular weight excluding hydrogens is 218 g/mol. The van der Waals surface area contributed by atoms with Gasteiger partial charge in [0, 0.05) is 6.04 Å². The van der Waals surface area contributed by atoms with Crippen LogP contribution in [0.15, 0.2) is 18.2 Å². The Labute approximate surface area is 102 Å². The minimum atomic E-state index is 0.333. The molecule has 16 heavy (non-hydrogen) atoms. The van der Waals surface area contributed by atoms with Crippen LogP contribution in [-0.4, -0.2) is 16.0 Å². The summed E-state index contributed by atoms with van der Waals surface area (Å²) in [5.41, 5.74) is 6.20. The van der Waals surface area contributed by atoms with Gasteiger partial charge in [-0.25, -0.2) is 4.98 Å². The van der Waals surface area contributed by atoms with Gasteiger partial charge < -0.3 is 11.1 Å². The van der Waals surface area contributed by atoms with Crippen LogP contribution >= 0.6 is 12.2 Å². The molecule has 0 fully saturated rings. The Kier molecular flexibility index (Phi) is 4.68. The molecule has 0 amide bonds. The summed E-state index contributed by atoms with van der Waals surface area (Å²) in [5, 5.41) is 3.34. The molecule has 4 heteroatoms. The van der Waals surface area contributed by atoms with E-state index in [0.717, 1.165) is 12.2 Å². The number of rotatable bonds is 5. The van der Waals surface area contributed by atoms with Crippen LogP contribution in [0.2, 0.25) is 0 Å². The van der Waals surface area contributed by atoms with Crippen LogP contribution in [0.3, 0.4) is 0 Å². The summed E-state index contributed by atoms with van der Waals surface area (Å²) in [7, 11) is 0. The monoisotopic (exact) mass is 237 g/mol. The number of pyridine rings is 1. The molecule has 3 nitrogen and oxygen atoms in total. The summed E-state index contributed by atoms with van der Waals surface area (Å²) >= 11 is 4.89. The van der Waals surface area contributed by atoms with Crippen molar-refractivity contribution >= 4 is 23.0 Å². The zero-order valence-electron chi connectivity index (χ0n) is 10.0. The average Bonchev–Trinajstić information content (AvgIpc) is 2.16. The summed E-state index contributed by atoms with van der Waals surface area (Å²) in [6.45, 7) is 6.56. The van der Waals surface area contributed by atoms with Crippen molar-refractivity contribution < 1.29 is 0 Å². The maximum Gasteiger partial charge on any atom is 0.126 e. The van der Waals surface area contributed by atoms with E-state index >= 15 is 0 Å². The van der Waals surface area contributed by atoms with Crippen LogP contribution < -0.4 is 11.1 Å². The van der Waals surface area contributed by atoms with Gasteiger partial charge in [0.25, 0.3) is 0 Å². The van der Waals surface area contributed by atoms with Gasteiger partial charge in [-0.15, -0.1) is 0 Å². The van der Waals surface area contributed by atoms with Gasteiger partial charge in [-0.05, 0) is 31.4 Å². The minimum Gasteiger partial charge on any atom is -0.388 e. The van der Waals surface area contributed by atoms with Gasteiger partial charge in [0.05, 0.1) is 5.69 Å². The van der Waals surface area contributed by atoms with Crippen LogP contribution in [0.25, 0.3) is 0 Å². The lowest BCUT2D eigenvalue weighted by molar-refractivity contribution is 0.539. The molecule has 0 radical (unpaired) electrons. The summed E-state index contributed by atoms with van der Waals surface area (Å²) in [4.78, 5) is 4.68. The van der Waals surface area contributed by atoms with Crippen LogP contribution in [0, 0.1) is 5.92 Å². The van der Waals surface area contributed by atoms with E-state index in [2.05, 4.69) is 31.1 Å². The summed E-state index contributed by atoms with van der Waals surface area (Å²) in [5.74, 6) is 1.50. The number of hydrogen-bond donors (Lipinski definition) is 2. The van der Waals surface area contributed by atoms with Gasteiger partial charge in [0.1, 0.15) is 10.8 Å². The SMILES string of the molecule is CC(C)CC(C)Nc1cccc(C(N)=S)n1. The number of hydrogen-bond acceptors (Lipinski definition) is 3. The third kappa shape index (κ3) is 4.14. The first-order valence-electron chi connectivity index (χ1n) is 5.52. The molecule has 0 aromatic carbocycles. The van der Waals surface area contributed by atoms with Crippen molar-refractivity contribution in [2.24, 2.45) is 11.7 Å². The van der Waals surface area contributed by atoms with Crippen molar-refractivity contribution in [1.29, 1.82) is 0 Å². The van der Waals surface area contributed by atoms with E-state index in [1.807, 2.05) is 18.2 Å². The predicted octanol–water partition coefficient (Wildman–Crippen LogP) is 2.56. The standard InChI is InChI=1S/C12H19N3S/c1-8(2)7-9(3)14-11-6-4-5-10(15-11)12(13)16/h4-6,8-9H,7H2,1-3H3,(H2,13,16)(H,14,15). The zero-order chi connectivity index (χ0) is 12.1. The van der Waals surface area contributed by atoms with Gasteiger partial charge in [-0.3, -0.25) is 0 Å². The Morgan fingerprint density at radius 3 is 2.69 bits per heavy atom. The molecule has 0 bridgehead atoms. The molecular formula is C12H19N3S. The van der Waals surface area contributed by atoms with Gasteiger partial charge in [-0.1, -0.05) is 32.1 Å². The molecule has 1 aromatic rings. The van der Waals surface area contributed by atoms with E-state index in [9.17, 15) is 0 Å². The molecule has 0 aliphatic rings. The predicted molar refractivity (Wildman–Crippen MR) is 72.7 cm³/mol. The van der Waals surface area contributed by atoms with E-state index < -0.39 is 0 Å². The molecule has 1 aromatic heterocycles. The first kappa shape index (κ1) is 12.9. The lowest BCUT2D eigenvalue weighted by Crippen LogP contribution is -2.19. The quantitative estimate of drug-likeness (QED) is 0.773. The van der Waals surface area contributed by atoms with Crippen molar-refractivity contribution in [3.63, 3.8) is 0 Å². The lowest BCUT2D eigenvalue weighted by Gasteiger charge is -2.16. The molecule has 0 aliphatic carbocycles. The maximum absolute atomic E-state index is 5.54. The average molecular weight is 237 g/mol. The van der Waals surface area contributed by atoms with E-state index in [1.165, 1.54) is 0 Å². The van der Waals surface area contributed by atoms with Gasteiger partial charge in [-0.2, -0.15) is 0 Å². The van der Waals surface area contributed by atoms with E-state index in [4.69, 9.17) is 18.0 Å². The highest BCUT2D eigenvalue weighted by atomic mass is 32.1. The highest BCUT2D eigenvalue weighted by molar-refractivity contribution is 7.80. The number of aromatic nitrogens is 1. The Bertz CT molecular complexity index is 363. The zero-order valence-corrected chi connectivity index (χ0v) is 10.8. The van der Waals surface area contributed by atoms with Crippen LogP contribution in [-0.2, 0) is 0 Å². The Hall–Kier alpha value is -1.16. The highest BCUT2D eigenvalue weighted by Gasteiger charge is 2.06. The second kappa shape index (κ2) is 5.80. The molecule has 0 spiro atoms. The van der Waals surface area contributed by atoms with Crippen LogP contribution in [0.4, 0.5) is 5.82 Å².